The van der Waals surface area contributed by atoms with Crippen molar-refractivity contribution in [2.24, 2.45) is 0 Å². The molecule has 0 spiro atoms. The molecule has 0 amide bonds. The van der Waals surface area contributed by atoms with Crippen LogP contribution in [0.15, 0.2) is 17.5 Å². The molecule has 86 valence electrons. The zero-order valence-electron chi connectivity index (χ0n) is 9.83. The van der Waals surface area contributed by atoms with Gasteiger partial charge < -0.3 is 10.2 Å². The first kappa shape index (κ1) is 12.7. The maximum Gasteiger partial charge on any atom is 0.0104 e. The van der Waals surface area contributed by atoms with E-state index in [1.807, 2.05) is 18.4 Å². The Hall–Kier alpha value is -0.380. The van der Waals surface area contributed by atoms with Gasteiger partial charge in [-0.3, -0.25) is 0 Å². The minimum atomic E-state index is 1.08. The Bertz CT molecular complexity index is 234. The largest absolute Gasteiger partial charge is 0.318 e. The smallest absolute Gasteiger partial charge is 0.0104 e. The number of likely N-dealkylation sites (N-methyl/N-ethyl adjacent to an activating group) is 2. The highest BCUT2D eigenvalue weighted by molar-refractivity contribution is 7.09. The van der Waals surface area contributed by atoms with E-state index >= 15 is 0 Å². The van der Waals surface area contributed by atoms with Crippen LogP contribution in [0.1, 0.15) is 17.7 Å². The number of hydrogen-bond donors (Lipinski definition) is 1. The van der Waals surface area contributed by atoms with Gasteiger partial charge in [-0.15, -0.1) is 11.3 Å². The van der Waals surface area contributed by atoms with Crippen molar-refractivity contribution in [3.05, 3.63) is 22.4 Å². The minimum Gasteiger partial charge on any atom is -0.318 e. The fourth-order valence-corrected chi connectivity index (χ4v) is 2.30. The fourth-order valence-electron chi connectivity index (χ4n) is 1.55. The predicted octanol–water partition coefficient (Wildman–Crippen LogP) is 2.22. The molecule has 0 radical (unpaired) electrons. The molecule has 1 N–H and O–H groups in total. The summed E-state index contributed by atoms with van der Waals surface area (Å²) >= 11 is 1.87. The zero-order chi connectivity index (χ0) is 10.9. The van der Waals surface area contributed by atoms with Gasteiger partial charge in [0.2, 0.25) is 0 Å². The topological polar surface area (TPSA) is 15.3 Å². The SMILES string of the molecule is CNCCN(C)CCCCc1cccs1. The van der Waals surface area contributed by atoms with Gasteiger partial charge in [-0.25, -0.2) is 0 Å². The van der Waals surface area contributed by atoms with Gasteiger partial charge in [0.25, 0.3) is 0 Å². The van der Waals surface area contributed by atoms with E-state index in [-0.39, 0.29) is 0 Å². The summed E-state index contributed by atoms with van der Waals surface area (Å²) < 4.78 is 0. The Labute approximate surface area is 97.3 Å². The number of unbranched alkanes of at least 4 members (excludes halogenated alkanes) is 1. The molecule has 3 heteroatoms. The quantitative estimate of drug-likeness (QED) is 0.684. The van der Waals surface area contributed by atoms with E-state index in [1.54, 1.807) is 0 Å². The van der Waals surface area contributed by atoms with Crippen LogP contribution in [-0.4, -0.2) is 38.6 Å². The van der Waals surface area contributed by atoms with Crippen LogP contribution in [0.5, 0.6) is 0 Å². The lowest BCUT2D eigenvalue weighted by molar-refractivity contribution is 0.327. The fraction of sp³-hybridized carbons (Fsp3) is 0.667. The van der Waals surface area contributed by atoms with Crippen molar-refractivity contribution in [3.63, 3.8) is 0 Å². The summed E-state index contributed by atoms with van der Waals surface area (Å²) in [5.41, 5.74) is 0. The van der Waals surface area contributed by atoms with Crippen molar-refractivity contribution in [3.8, 4) is 0 Å². The van der Waals surface area contributed by atoms with E-state index in [4.69, 9.17) is 0 Å². The predicted molar refractivity (Wildman–Crippen MR) is 68.7 cm³/mol. The summed E-state index contributed by atoms with van der Waals surface area (Å²) in [6.07, 6.45) is 3.86. The van der Waals surface area contributed by atoms with Crippen LogP contribution in [0.2, 0.25) is 0 Å². The van der Waals surface area contributed by atoms with Crippen molar-refractivity contribution in [2.45, 2.75) is 19.3 Å². The van der Waals surface area contributed by atoms with Crippen molar-refractivity contribution in [1.82, 2.24) is 10.2 Å². The summed E-state index contributed by atoms with van der Waals surface area (Å²) in [4.78, 5) is 3.91. The van der Waals surface area contributed by atoms with Crippen molar-refractivity contribution >= 4 is 11.3 Å². The van der Waals surface area contributed by atoms with E-state index in [0.717, 1.165) is 13.1 Å². The molecule has 1 aromatic heterocycles. The van der Waals surface area contributed by atoms with E-state index < -0.39 is 0 Å². The monoisotopic (exact) mass is 226 g/mol. The Morgan fingerprint density at radius 2 is 2.20 bits per heavy atom. The molecule has 0 aliphatic heterocycles. The standard InChI is InChI=1S/C12H22N2S/c1-13-8-10-14(2)9-4-3-6-12-7-5-11-15-12/h5,7,11,13H,3-4,6,8-10H2,1-2H3. The molecule has 0 aromatic carbocycles. The molecule has 0 atom stereocenters. The van der Waals surface area contributed by atoms with Crippen LogP contribution >= 0.6 is 11.3 Å². The van der Waals surface area contributed by atoms with E-state index in [1.165, 1.54) is 30.7 Å². The van der Waals surface area contributed by atoms with Gasteiger partial charge in [0.05, 0.1) is 0 Å². The highest BCUT2D eigenvalue weighted by Gasteiger charge is 1.98. The van der Waals surface area contributed by atoms with Crippen molar-refractivity contribution in [1.29, 1.82) is 0 Å². The molecule has 0 fully saturated rings. The summed E-state index contributed by atoms with van der Waals surface area (Å²) in [6, 6.07) is 4.37. The maximum absolute atomic E-state index is 3.17. The number of nitrogens with zero attached hydrogens (tertiary/aromatic N) is 1. The first-order valence-electron chi connectivity index (χ1n) is 5.68. The molecule has 0 saturated heterocycles. The summed E-state index contributed by atoms with van der Waals surface area (Å²) in [5.74, 6) is 0. The van der Waals surface area contributed by atoms with Gasteiger partial charge in [0, 0.05) is 18.0 Å². The lowest BCUT2D eigenvalue weighted by Crippen LogP contribution is -2.28. The Balaban J connectivity index is 1.97. The normalized spacial score (nSPS) is 11.1. The number of hydrogen-bond acceptors (Lipinski definition) is 3. The molecule has 0 aliphatic carbocycles. The Kier molecular flexibility index (Phi) is 6.64. The molecule has 15 heavy (non-hydrogen) atoms. The van der Waals surface area contributed by atoms with Gasteiger partial charge in [-0.1, -0.05) is 6.07 Å². The minimum absolute atomic E-state index is 1.08. The van der Waals surface area contributed by atoms with E-state index in [2.05, 4.69) is 34.8 Å². The molecule has 0 aliphatic rings. The third-order valence-corrected chi connectivity index (χ3v) is 3.47. The first-order valence-corrected chi connectivity index (χ1v) is 6.56. The van der Waals surface area contributed by atoms with Gasteiger partial charge in [-0.2, -0.15) is 0 Å². The Morgan fingerprint density at radius 1 is 1.33 bits per heavy atom. The number of thiophene rings is 1. The highest BCUT2D eigenvalue weighted by atomic mass is 32.1. The molecular weight excluding hydrogens is 204 g/mol. The van der Waals surface area contributed by atoms with Gasteiger partial charge in [-0.05, 0) is 51.3 Å². The van der Waals surface area contributed by atoms with E-state index in [9.17, 15) is 0 Å². The number of nitrogens with one attached hydrogen (secondary N) is 1. The third-order valence-electron chi connectivity index (χ3n) is 2.54. The lowest BCUT2D eigenvalue weighted by Gasteiger charge is -2.15. The maximum atomic E-state index is 3.17. The van der Waals surface area contributed by atoms with Gasteiger partial charge in [0.1, 0.15) is 0 Å². The van der Waals surface area contributed by atoms with Crippen molar-refractivity contribution < 1.29 is 0 Å². The zero-order valence-corrected chi connectivity index (χ0v) is 10.6. The molecule has 1 rings (SSSR count). The average Bonchev–Trinajstić information content (AvgIpc) is 2.74. The lowest BCUT2D eigenvalue weighted by atomic mass is 10.2. The van der Waals surface area contributed by atoms with Crippen LogP contribution in [0, 0.1) is 0 Å². The van der Waals surface area contributed by atoms with Gasteiger partial charge in [0.15, 0.2) is 0 Å². The van der Waals surface area contributed by atoms with Crippen LogP contribution in [0.3, 0.4) is 0 Å². The van der Waals surface area contributed by atoms with Crippen LogP contribution in [-0.2, 0) is 6.42 Å². The summed E-state index contributed by atoms with van der Waals surface area (Å²) in [5, 5.41) is 5.33. The van der Waals surface area contributed by atoms with Crippen LogP contribution in [0.25, 0.3) is 0 Å². The second kappa shape index (κ2) is 7.85. The summed E-state index contributed by atoms with van der Waals surface area (Å²) in [7, 11) is 4.20. The molecule has 2 nitrogen and oxygen atoms in total. The number of rotatable bonds is 8. The first-order chi connectivity index (χ1) is 7.33. The van der Waals surface area contributed by atoms with E-state index in [0.29, 0.717) is 0 Å². The van der Waals surface area contributed by atoms with Crippen LogP contribution < -0.4 is 5.32 Å². The van der Waals surface area contributed by atoms with Gasteiger partial charge >= 0.3 is 0 Å². The molecule has 0 bridgehead atoms. The van der Waals surface area contributed by atoms with Crippen LogP contribution in [0.4, 0.5) is 0 Å². The Morgan fingerprint density at radius 3 is 2.87 bits per heavy atom. The number of aryl methyl sites for hydroxylation is 1. The molecule has 0 unspecified atom stereocenters. The molecule has 1 aromatic rings. The third kappa shape index (κ3) is 5.92. The second-order valence-electron chi connectivity index (χ2n) is 3.94. The molecule has 0 saturated carbocycles. The highest BCUT2D eigenvalue weighted by Crippen LogP contribution is 2.11. The van der Waals surface area contributed by atoms with Crippen molar-refractivity contribution in [2.75, 3.05) is 33.7 Å². The average molecular weight is 226 g/mol. The molecule has 1 heterocycles. The molecular formula is C12H22N2S. The summed E-state index contributed by atoms with van der Waals surface area (Å²) in [6.45, 7) is 3.45. The second-order valence-corrected chi connectivity index (χ2v) is 4.98.